The SMILES string of the molecule is CCc1nc(CN2CC3CCCNC3C2)cs1. The number of hydrogen-bond donors (Lipinski definition) is 1. The summed E-state index contributed by atoms with van der Waals surface area (Å²) in [6.45, 7) is 6.91. The summed E-state index contributed by atoms with van der Waals surface area (Å²) in [6, 6.07) is 0.744. The lowest BCUT2D eigenvalue weighted by Gasteiger charge is -2.24. The Morgan fingerprint density at radius 2 is 2.47 bits per heavy atom. The van der Waals surface area contributed by atoms with Gasteiger partial charge in [-0.25, -0.2) is 4.98 Å². The summed E-state index contributed by atoms with van der Waals surface area (Å²) in [4.78, 5) is 7.24. The van der Waals surface area contributed by atoms with Crippen molar-refractivity contribution in [1.82, 2.24) is 15.2 Å². The number of rotatable bonds is 3. The Hall–Kier alpha value is -0.450. The zero-order chi connectivity index (χ0) is 11.7. The summed E-state index contributed by atoms with van der Waals surface area (Å²) in [7, 11) is 0. The van der Waals surface area contributed by atoms with Crippen LogP contribution in [0.2, 0.25) is 0 Å². The molecule has 0 radical (unpaired) electrons. The molecule has 3 rings (SSSR count). The van der Waals surface area contributed by atoms with Gasteiger partial charge in [-0.2, -0.15) is 0 Å². The fourth-order valence-corrected chi connectivity index (χ4v) is 3.81. The Morgan fingerprint density at radius 3 is 3.24 bits per heavy atom. The molecule has 3 heterocycles. The Morgan fingerprint density at radius 1 is 1.53 bits per heavy atom. The van der Waals surface area contributed by atoms with Crippen molar-refractivity contribution < 1.29 is 0 Å². The normalized spacial score (nSPS) is 29.5. The Labute approximate surface area is 107 Å². The third-order valence-corrected chi connectivity index (χ3v) is 5.00. The fraction of sp³-hybridized carbons (Fsp3) is 0.769. The molecule has 2 unspecified atom stereocenters. The molecule has 0 aliphatic carbocycles. The largest absolute Gasteiger partial charge is 0.312 e. The molecule has 2 saturated heterocycles. The highest BCUT2D eigenvalue weighted by Crippen LogP contribution is 2.26. The van der Waals surface area contributed by atoms with E-state index in [1.165, 1.54) is 43.2 Å². The second-order valence-electron chi connectivity index (χ2n) is 5.24. The minimum atomic E-state index is 0.744. The van der Waals surface area contributed by atoms with Crippen LogP contribution < -0.4 is 5.32 Å². The predicted octanol–water partition coefficient (Wildman–Crippen LogP) is 1.89. The fourth-order valence-electron chi connectivity index (χ4n) is 3.08. The van der Waals surface area contributed by atoms with Crippen LogP contribution in [0.25, 0.3) is 0 Å². The van der Waals surface area contributed by atoms with Gasteiger partial charge in [0.1, 0.15) is 0 Å². The van der Waals surface area contributed by atoms with E-state index in [0.29, 0.717) is 0 Å². The van der Waals surface area contributed by atoms with E-state index < -0.39 is 0 Å². The first-order chi connectivity index (χ1) is 8.35. The van der Waals surface area contributed by atoms with E-state index in [1.807, 2.05) is 0 Å². The number of aromatic nitrogens is 1. The van der Waals surface area contributed by atoms with Gasteiger partial charge in [0.25, 0.3) is 0 Å². The Bertz CT molecular complexity index is 362. The summed E-state index contributed by atoms with van der Waals surface area (Å²) in [5.74, 6) is 0.882. The number of hydrogen-bond acceptors (Lipinski definition) is 4. The number of thiazole rings is 1. The van der Waals surface area contributed by atoms with Gasteiger partial charge in [-0.3, -0.25) is 4.90 Å². The van der Waals surface area contributed by atoms with Crippen LogP contribution in [-0.4, -0.2) is 35.6 Å². The average molecular weight is 251 g/mol. The van der Waals surface area contributed by atoms with E-state index in [0.717, 1.165) is 24.9 Å². The molecule has 0 spiro atoms. The van der Waals surface area contributed by atoms with Crippen LogP contribution in [0, 0.1) is 5.92 Å². The van der Waals surface area contributed by atoms with E-state index in [4.69, 9.17) is 0 Å². The van der Waals surface area contributed by atoms with Gasteiger partial charge in [0.2, 0.25) is 0 Å². The molecule has 4 heteroatoms. The first-order valence-corrected chi connectivity index (χ1v) is 7.62. The van der Waals surface area contributed by atoms with E-state index >= 15 is 0 Å². The van der Waals surface area contributed by atoms with Crippen molar-refractivity contribution in [2.45, 2.75) is 38.8 Å². The van der Waals surface area contributed by atoms with E-state index in [9.17, 15) is 0 Å². The van der Waals surface area contributed by atoms with Gasteiger partial charge in [-0.05, 0) is 31.7 Å². The van der Waals surface area contributed by atoms with Gasteiger partial charge in [-0.15, -0.1) is 11.3 Å². The van der Waals surface area contributed by atoms with Gasteiger partial charge in [0.05, 0.1) is 10.7 Å². The van der Waals surface area contributed by atoms with Crippen molar-refractivity contribution in [1.29, 1.82) is 0 Å². The number of piperidine rings is 1. The maximum Gasteiger partial charge on any atom is 0.0926 e. The van der Waals surface area contributed by atoms with Gasteiger partial charge < -0.3 is 5.32 Å². The van der Waals surface area contributed by atoms with Crippen molar-refractivity contribution in [2.24, 2.45) is 5.92 Å². The van der Waals surface area contributed by atoms with E-state index in [1.54, 1.807) is 11.3 Å². The molecule has 1 aromatic rings. The highest BCUT2D eigenvalue weighted by Gasteiger charge is 2.34. The first kappa shape index (κ1) is 11.6. The molecule has 0 bridgehead atoms. The third kappa shape index (κ3) is 2.54. The standard InChI is InChI=1S/C13H21N3S/c1-2-13-15-11(9-17-13)7-16-6-10-4-3-5-14-12(10)8-16/h9-10,12,14H,2-8H2,1H3. The van der Waals surface area contributed by atoms with E-state index in [-0.39, 0.29) is 0 Å². The molecule has 2 aliphatic heterocycles. The number of nitrogens with zero attached hydrogens (tertiary/aromatic N) is 2. The quantitative estimate of drug-likeness (QED) is 0.889. The van der Waals surface area contributed by atoms with Crippen LogP contribution in [0.15, 0.2) is 5.38 Å². The van der Waals surface area contributed by atoms with Gasteiger partial charge >= 0.3 is 0 Å². The monoisotopic (exact) mass is 251 g/mol. The molecule has 17 heavy (non-hydrogen) atoms. The molecule has 3 nitrogen and oxygen atoms in total. The number of nitrogens with one attached hydrogen (secondary N) is 1. The van der Waals surface area contributed by atoms with Crippen LogP contribution in [0.5, 0.6) is 0 Å². The van der Waals surface area contributed by atoms with Crippen molar-refractivity contribution >= 4 is 11.3 Å². The maximum absolute atomic E-state index is 4.67. The smallest absolute Gasteiger partial charge is 0.0926 e. The summed E-state index contributed by atoms with van der Waals surface area (Å²) < 4.78 is 0. The van der Waals surface area contributed by atoms with Crippen molar-refractivity contribution in [3.8, 4) is 0 Å². The minimum Gasteiger partial charge on any atom is -0.312 e. The average Bonchev–Trinajstić information content (AvgIpc) is 2.94. The van der Waals surface area contributed by atoms with Crippen LogP contribution >= 0.6 is 11.3 Å². The second kappa shape index (κ2) is 5.04. The molecule has 2 fully saturated rings. The molecule has 2 atom stereocenters. The van der Waals surface area contributed by atoms with Gasteiger partial charge in [-0.1, -0.05) is 6.92 Å². The Kier molecular flexibility index (Phi) is 3.45. The first-order valence-electron chi connectivity index (χ1n) is 6.74. The number of likely N-dealkylation sites (tertiary alicyclic amines) is 1. The van der Waals surface area contributed by atoms with Crippen molar-refractivity contribution in [3.63, 3.8) is 0 Å². The summed E-state index contributed by atoms with van der Waals surface area (Å²) in [5.41, 5.74) is 1.27. The summed E-state index contributed by atoms with van der Waals surface area (Å²) in [5, 5.41) is 7.16. The summed E-state index contributed by atoms with van der Waals surface area (Å²) >= 11 is 1.80. The Balaban J connectivity index is 1.59. The third-order valence-electron chi connectivity index (χ3n) is 3.96. The molecule has 1 N–H and O–H groups in total. The highest BCUT2D eigenvalue weighted by molar-refractivity contribution is 7.09. The lowest BCUT2D eigenvalue weighted by molar-refractivity contribution is 0.309. The van der Waals surface area contributed by atoms with Crippen LogP contribution in [0.4, 0.5) is 0 Å². The second-order valence-corrected chi connectivity index (χ2v) is 6.19. The van der Waals surface area contributed by atoms with Crippen LogP contribution in [0.1, 0.15) is 30.5 Å². The number of fused-ring (bicyclic) bond motifs is 1. The lowest BCUT2D eigenvalue weighted by atomic mass is 9.94. The topological polar surface area (TPSA) is 28.2 Å². The minimum absolute atomic E-state index is 0.744. The van der Waals surface area contributed by atoms with Gasteiger partial charge in [0, 0.05) is 31.1 Å². The molecule has 94 valence electrons. The molecule has 0 amide bonds. The van der Waals surface area contributed by atoms with Crippen molar-refractivity contribution in [3.05, 3.63) is 16.1 Å². The lowest BCUT2D eigenvalue weighted by Crippen LogP contribution is -2.40. The molecule has 0 aromatic carbocycles. The number of aryl methyl sites for hydroxylation is 1. The highest BCUT2D eigenvalue weighted by atomic mass is 32.1. The summed E-state index contributed by atoms with van der Waals surface area (Å²) in [6.07, 6.45) is 3.83. The van der Waals surface area contributed by atoms with E-state index in [2.05, 4.69) is 27.5 Å². The zero-order valence-corrected chi connectivity index (χ0v) is 11.3. The maximum atomic E-state index is 4.67. The van der Waals surface area contributed by atoms with Crippen LogP contribution in [-0.2, 0) is 13.0 Å². The molecule has 2 aliphatic rings. The molecular weight excluding hydrogens is 230 g/mol. The zero-order valence-electron chi connectivity index (χ0n) is 10.5. The van der Waals surface area contributed by atoms with Crippen LogP contribution in [0.3, 0.4) is 0 Å². The van der Waals surface area contributed by atoms with Gasteiger partial charge in [0.15, 0.2) is 0 Å². The molecule has 0 saturated carbocycles. The molecular formula is C13H21N3S. The predicted molar refractivity (Wildman–Crippen MR) is 71.3 cm³/mol. The molecule has 1 aromatic heterocycles. The van der Waals surface area contributed by atoms with Crippen molar-refractivity contribution in [2.75, 3.05) is 19.6 Å².